The van der Waals surface area contributed by atoms with Crippen molar-refractivity contribution >= 4 is 23.2 Å². The Hall–Kier alpha value is -1.89. The number of carbonyl (C=O) groups excluding carboxylic acids is 1. The second kappa shape index (κ2) is 9.56. The molecule has 0 fully saturated rings. The van der Waals surface area contributed by atoms with Gasteiger partial charge in [-0.2, -0.15) is 0 Å². The second-order valence-corrected chi connectivity index (χ2v) is 8.19. The van der Waals surface area contributed by atoms with Crippen molar-refractivity contribution in [1.29, 1.82) is 0 Å². The number of nitrogens with one attached hydrogen (secondary N) is 2. The zero-order chi connectivity index (χ0) is 19.0. The number of thiazole rings is 1. The first-order valence-electron chi connectivity index (χ1n) is 8.41. The van der Waals surface area contributed by atoms with E-state index in [1.54, 1.807) is 25.4 Å². The van der Waals surface area contributed by atoms with Crippen molar-refractivity contribution in [1.82, 2.24) is 20.5 Å². The minimum Gasteiger partial charge on any atom is -0.356 e. The van der Waals surface area contributed by atoms with E-state index in [1.807, 2.05) is 6.92 Å². The molecule has 1 amide bonds. The molecule has 6 nitrogen and oxygen atoms in total. The molecule has 140 valence electrons. The van der Waals surface area contributed by atoms with Crippen molar-refractivity contribution in [3.8, 4) is 0 Å². The van der Waals surface area contributed by atoms with Crippen LogP contribution in [0.2, 0.25) is 0 Å². The molecule has 2 N–H and O–H groups in total. The van der Waals surface area contributed by atoms with E-state index in [4.69, 9.17) is 4.98 Å². The van der Waals surface area contributed by atoms with Crippen molar-refractivity contribution in [2.24, 2.45) is 4.99 Å². The molecule has 0 saturated carbocycles. The number of aromatic nitrogens is 1. The van der Waals surface area contributed by atoms with Crippen LogP contribution in [0.5, 0.6) is 0 Å². The van der Waals surface area contributed by atoms with Gasteiger partial charge in [0.15, 0.2) is 5.96 Å². The molecule has 0 saturated heterocycles. The Balaban J connectivity index is 2.59. The maximum atomic E-state index is 11.7. The summed E-state index contributed by atoms with van der Waals surface area (Å²) in [6.07, 6.45) is 0.808. The molecule has 0 unspecified atom stereocenters. The monoisotopic (exact) mass is 365 g/mol. The minimum atomic E-state index is -0.0363. The van der Waals surface area contributed by atoms with Gasteiger partial charge in [0.05, 0.1) is 10.7 Å². The van der Waals surface area contributed by atoms with E-state index in [0.717, 1.165) is 22.7 Å². The number of likely N-dealkylation sites (N-methyl/N-ethyl adjacent to an activating group) is 1. The van der Waals surface area contributed by atoms with Gasteiger partial charge >= 0.3 is 0 Å². The van der Waals surface area contributed by atoms with Crippen LogP contribution in [0.3, 0.4) is 0 Å². The third-order valence-corrected chi connectivity index (χ3v) is 4.61. The number of rotatable bonds is 7. The molecule has 25 heavy (non-hydrogen) atoms. The Bertz CT molecular complexity index is 613. The molecular formula is C18H31N5OS. The molecule has 0 bridgehead atoms. The zero-order valence-corrected chi connectivity index (χ0v) is 17.1. The Morgan fingerprint density at radius 1 is 1.36 bits per heavy atom. The van der Waals surface area contributed by atoms with Gasteiger partial charge in [-0.15, -0.1) is 11.3 Å². The first-order chi connectivity index (χ1) is 11.6. The summed E-state index contributed by atoms with van der Waals surface area (Å²) in [5, 5.41) is 9.69. The lowest BCUT2D eigenvalue weighted by molar-refractivity contribution is -0.127. The summed E-state index contributed by atoms with van der Waals surface area (Å²) < 4.78 is 0. The maximum Gasteiger partial charge on any atom is 0.243 e. The molecule has 0 spiro atoms. The molecule has 0 radical (unpaired) electrons. The molecule has 1 heterocycles. The van der Waals surface area contributed by atoms with Gasteiger partial charge in [0.2, 0.25) is 5.91 Å². The Labute approximate surface area is 155 Å². The first-order valence-corrected chi connectivity index (χ1v) is 9.29. The van der Waals surface area contributed by atoms with E-state index in [1.165, 1.54) is 4.90 Å². The molecule has 0 aliphatic carbocycles. The molecule has 1 aromatic heterocycles. The van der Waals surface area contributed by atoms with Crippen LogP contribution in [0.25, 0.3) is 0 Å². The number of amides is 1. The molecule has 0 aliphatic rings. The van der Waals surface area contributed by atoms with Crippen LogP contribution in [0, 0.1) is 0 Å². The van der Waals surface area contributed by atoms with E-state index in [9.17, 15) is 4.79 Å². The SMILES string of the molecule is C=C(C)CNC(=NCC(=O)N(C)C)NCCc1csc(C(C)(C)C)n1. The maximum absolute atomic E-state index is 11.7. The summed E-state index contributed by atoms with van der Waals surface area (Å²) >= 11 is 1.70. The van der Waals surface area contributed by atoms with Gasteiger partial charge in [-0.05, 0) is 6.92 Å². The largest absolute Gasteiger partial charge is 0.356 e. The summed E-state index contributed by atoms with van der Waals surface area (Å²) in [5.41, 5.74) is 2.16. The lowest BCUT2D eigenvalue weighted by atomic mass is 9.98. The predicted molar refractivity (Wildman–Crippen MR) is 106 cm³/mol. The topological polar surface area (TPSA) is 69.6 Å². The summed E-state index contributed by atoms with van der Waals surface area (Å²) in [7, 11) is 3.45. The van der Waals surface area contributed by atoms with Crippen LogP contribution in [-0.2, 0) is 16.6 Å². The van der Waals surface area contributed by atoms with Gasteiger partial charge < -0.3 is 15.5 Å². The Morgan fingerprint density at radius 2 is 2.04 bits per heavy atom. The lowest BCUT2D eigenvalue weighted by Crippen LogP contribution is -2.40. The molecule has 0 aliphatic heterocycles. The molecule has 7 heteroatoms. The summed E-state index contributed by atoms with van der Waals surface area (Å²) in [6.45, 7) is 13.8. The average molecular weight is 366 g/mol. The van der Waals surface area contributed by atoms with Crippen LogP contribution < -0.4 is 10.6 Å². The summed E-state index contributed by atoms with van der Waals surface area (Å²) in [6, 6.07) is 0. The number of hydrogen-bond acceptors (Lipinski definition) is 4. The van der Waals surface area contributed by atoms with E-state index >= 15 is 0 Å². The molecule has 0 aromatic carbocycles. The third-order valence-electron chi connectivity index (χ3n) is 3.30. The smallest absolute Gasteiger partial charge is 0.243 e. The van der Waals surface area contributed by atoms with Crippen molar-refractivity contribution in [2.45, 2.75) is 39.5 Å². The van der Waals surface area contributed by atoms with Crippen LogP contribution in [0.4, 0.5) is 0 Å². The standard InChI is InChI=1S/C18H31N5OS/c1-13(2)10-20-17(21-11-15(24)23(6)7)19-9-8-14-12-25-16(22-14)18(3,4)5/h12H,1,8-11H2,2-7H3,(H2,19,20,21). The summed E-state index contributed by atoms with van der Waals surface area (Å²) in [5.74, 6) is 0.579. The quantitative estimate of drug-likeness (QED) is 0.441. The fourth-order valence-corrected chi connectivity index (χ4v) is 2.71. The number of carbonyl (C=O) groups is 1. The zero-order valence-electron chi connectivity index (χ0n) is 16.3. The fourth-order valence-electron chi connectivity index (χ4n) is 1.77. The predicted octanol–water partition coefficient (Wildman–Crippen LogP) is 2.18. The van der Waals surface area contributed by atoms with Gasteiger partial charge in [-0.25, -0.2) is 9.98 Å². The Kier molecular flexibility index (Phi) is 8.09. The van der Waals surface area contributed by atoms with Crippen LogP contribution in [0.1, 0.15) is 38.4 Å². The Morgan fingerprint density at radius 3 is 2.56 bits per heavy atom. The van der Waals surface area contributed by atoms with Crippen molar-refractivity contribution in [3.05, 3.63) is 28.2 Å². The highest BCUT2D eigenvalue weighted by molar-refractivity contribution is 7.09. The van der Waals surface area contributed by atoms with Crippen LogP contribution in [0.15, 0.2) is 22.5 Å². The number of nitrogens with zero attached hydrogens (tertiary/aromatic N) is 3. The van der Waals surface area contributed by atoms with E-state index in [0.29, 0.717) is 19.0 Å². The van der Waals surface area contributed by atoms with Gasteiger partial charge in [0.1, 0.15) is 6.54 Å². The average Bonchev–Trinajstić information content (AvgIpc) is 2.97. The molecule has 1 aromatic rings. The van der Waals surface area contributed by atoms with Gasteiger partial charge in [-0.1, -0.05) is 32.9 Å². The highest BCUT2D eigenvalue weighted by Gasteiger charge is 2.17. The number of guanidine groups is 1. The van der Waals surface area contributed by atoms with Crippen molar-refractivity contribution < 1.29 is 4.79 Å². The molecular weight excluding hydrogens is 334 g/mol. The molecule has 1 rings (SSSR count). The lowest BCUT2D eigenvalue weighted by Gasteiger charge is -2.14. The highest BCUT2D eigenvalue weighted by atomic mass is 32.1. The van der Waals surface area contributed by atoms with Crippen molar-refractivity contribution in [2.75, 3.05) is 33.7 Å². The van der Waals surface area contributed by atoms with Gasteiger partial charge in [-0.3, -0.25) is 4.79 Å². The third kappa shape index (κ3) is 8.16. The second-order valence-electron chi connectivity index (χ2n) is 7.33. The van der Waals surface area contributed by atoms with Crippen LogP contribution in [-0.4, -0.2) is 55.5 Å². The summed E-state index contributed by atoms with van der Waals surface area (Å²) in [4.78, 5) is 22.3. The molecule has 0 atom stereocenters. The highest BCUT2D eigenvalue weighted by Crippen LogP contribution is 2.25. The van der Waals surface area contributed by atoms with Gasteiger partial charge in [0.25, 0.3) is 0 Å². The first kappa shape index (κ1) is 21.2. The normalized spacial score (nSPS) is 12.0. The van der Waals surface area contributed by atoms with E-state index < -0.39 is 0 Å². The fraction of sp³-hybridized carbons (Fsp3) is 0.611. The number of hydrogen-bond donors (Lipinski definition) is 2. The number of aliphatic imine (C=N–C) groups is 1. The van der Waals surface area contributed by atoms with Crippen LogP contribution >= 0.6 is 11.3 Å². The van der Waals surface area contributed by atoms with E-state index in [2.05, 4.69) is 48.4 Å². The van der Waals surface area contributed by atoms with Gasteiger partial charge in [0, 0.05) is 44.4 Å². The van der Waals surface area contributed by atoms with Crippen molar-refractivity contribution in [3.63, 3.8) is 0 Å². The van der Waals surface area contributed by atoms with E-state index in [-0.39, 0.29) is 17.9 Å². The minimum absolute atomic E-state index is 0.0363.